The van der Waals surface area contributed by atoms with Crippen LogP contribution in [0.5, 0.6) is 17.2 Å². The fourth-order valence-electron chi connectivity index (χ4n) is 4.08. The lowest BCUT2D eigenvalue weighted by molar-refractivity contribution is -0.664. The molecule has 33 heavy (non-hydrogen) atoms. The van der Waals surface area contributed by atoms with Gasteiger partial charge in [-0.1, -0.05) is 42.5 Å². The zero-order chi connectivity index (χ0) is 22.8. The molecule has 6 nitrogen and oxygen atoms in total. The molecule has 4 aromatic rings. The number of benzene rings is 2. The van der Waals surface area contributed by atoms with Crippen molar-refractivity contribution in [1.82, 2.24) is 9.78 Å². The van der Waals surface area contributed by atoms with Crippen LogP contribution in [0.25, 0.3) is 16.6 Å². The summed E-state index contributed by atoms with van der Waals surface area (Å²) in [5.74, 6) is 2.50. The highest BCUT2D eigenvalue weighted by molar-refractivity contribution is 5.96. The lowest BCUT2D eigenvalue weighted by Crippen LogP contribution is -2.35. The van der Waals surface area contributed by atoms with Crippen molar-refractivity contribution >= 4 is 16.6 Å². The zero-order valence-corrected chi connectivity index (χ0v) is 19.0. The molecule has 0 atom stereocenters. The lowest BCUT2D eigenvalue weighted by Gasteiger charge is -2.11. The molecule has 0 bridgehead atoms. The Hall–Kier alpha value is -4.06. The minimum absolute atomic E-state index is 0.644. The quantitative estimate of drug-likeness (QED) is 0.381. The largest absolute Gasteiger partial charge is 0.497 e. The van der Waals surface area contributed by atoms with Gasteiger partial charge in [-0.15, -0.1) is 0 Å². The molecule has 0 spiro atoms. The molecule has 1 aliphatic rings. The van der Waals surface area contributed by atoms with Crippen LogP contribution in [0.15, 0.2) is 79.0 Å². The molecule has 0 aliphatic heterocycles. The molecule has 0 N–H and O–H groups in total. The summed E-state index contributed by atoms with van der Waals surface area (Å²) in [6.07, 6.45) is 8.31. The van der Waals surface area contributed by atoms with Crippen molar-refractivity contribution in [3.63, 3.8) is 0 Å². The van der Waals surface area contributed by atoms with Crippen LogP contribution in [0.4, 0.5) is 0 Å². The van der Waals surface area contributed by atoms with Crippen LogP contribution in [0.1, 0.15) is 16.8 Å². The van der Waals surface area contributed by atoms with Gasteiger partial charge in [-0.3, -0.25) is 0 Å². The maximum Gasteiger partial charge on any atom is 0.361 e. The number of allylic oxidation sites excluding steroid dienone is 4. The summed E-state index contributed by atoms with van der Waals surface area (Å²) in [6, 6.07) is 18.2. The topological polar surface area (TPSA) is 49.4 Å². The number of ether oxygens (including phenoxy) is 3. The van der Waals surface area contributed by atoms with E-state index in [2.05, 4.69) is 45.7 Å². The molecule has 166 valence electrons. The van der Waals surface area contributed by atoms with Gasteiger partial charge in [0.05, 0.1) is 39.2 Å². The highest BCUT2D eigenvalue weighted by Crippen LogP contribution is 2.34. The van der Waals surface area contributed by atoms with E-state index in [1.54, 1.807) is 21.3 Å². The number of aromatic nitrogens is 3. The molecule has 2 aromatic carbocycles. The van der Waals surface area contributed by atoms with Crippen molar-refractivity contribution in [2.75, 3.05) is 21.3 Å². The maximum atomic E-state index is 5.77. The predicted molar refractivity (Wildman–Crippen MR) is 128 cm³/mol. The molecule has 0 saturated heterocycles. The van der Waals surface area contributed by atoms with Crippen molar-refractivity contribution in [3.05, 3.63) is 95.8 Å². The van der Waals surface area contributed by atoms with Gasteiger partial charge in [0.15, 0.2) is 0 Å². The second-order valence-corrected chi connectivity index (χ2v) is 7.89. The first kappa shape index (κ1) is 20.8. The van der Waals surface area contributed by atoms with Crippen LogP contribution in [-0.4, -0.2) is 31.1 Å². The van der Waals surface area contributed by atoms with Gasteiger partial charge in [-0.25, -0.2) is 4.57 Å². The van der Waals surface area contributed by atoms with E-state index in [1.165, 1.54) is 5.56 Å². The third kappa shape index (κ3) is 3.96. The van der Waals surface area contributed by atoms with Gasteiger partial charge in [0.2, 0.25) is 0 Å². The van der Waals surface area contributed by atoms with Crippen LogP contribution in [0, 0.1) is 0 Å². The Balaban J connectivity index is 1.60. The van der Waals surface area contributed by atoms with Crippen LogP contribution in [0.2, 0.25) is 0 Å². The number of methoxy groups -OCH3 is 3. The highest BCUT2D eigenvalue weighted by Gasteiger charge is 2.28. The first-order chi connectivity index (χ1) is 16.2. The Morgan fingerprint density at radius 2 is 1.45 bits per heavy atom. The number of fused-ring (bicyclic) bond motifs is 1. The van der Waals surface area contributed by atoms with E-state index < -0.39 is 0 Å². The summed E-state index contributed by atoms with van der Waals surface area (Å²) in [7, 11) is 5.06. The summed E-state index contributed by atoms with van der Waals surface area (Å²) in [5.41, 5.74) is 5.40. The minimum Gasteiger partial charge on any atom is -0.497 e. The fourth-order valence-corrected chi connectivity index (χ4v) is 4.08. The molecule has 0 fully saturated rings. The van der Waals surface area contributed by atoms with Crippen molar-refractivity contribution in [2.45, 2.75) is 13.1 Å². The molecule has 5 rings (SSSR count). The molecule has 6 heteroatoms. The highest BCUT2D eigenvalue weighted by atomic mass is 16.5. The standard InChI is InChI=1S/C27H26N3O3/c1-31-22-11-7-19(8-12-22)17-29-16-15-24(33-3)25-26(21-5-4-6-21)30(28-27(25)29)18-20-9-13-23(32-2)14-10-20/h4-16H,17-18H2,1-3H3/q+1. The molecule has 0 amide bonds. The van der Waals surface area contributed by atoms with E-state index in [-0.39, 0.29) is 0 Å². The van der Waals surface area contributed by atoms with E-state index in [9.17, 15) is 0 Å². The van der Waals surface area contributed by atoms with Gasteiger partial charge >= 0.3 is 5.65 Å². The van der Waals surface area contributed by atoms with Crippen molar-refractivity contribution < 1.29 is 18.8 Å². The van der Waals surface area contributed by atoms with Gasteiger partial charge in [-0.05, 0) is 35.4 Å². The number of rotatable bonds is 8. The number of pyridine rings is 1. The average molecular weight is 441 g/mol. The van der Waals surface area contributed by atoms with Gasteiger partial charge in [-0.2, -0.15) is 4.68 Å². The fraction of sp³-hybridized carbons (Fsp3) is 0.185. The number of nitrogens with zero attached hydrogens (tertiary/aromatic N) is 3. The Kier molecular flexibility index (Phi) is 5.57. The molecular formula is C27H26N3O3+. The van der Waals surface area contributed by atoms with E-state index in [4.69, 9.17) is 19.3 Å². The minimum atomic E-state index is 0.644. The summed E-state index contributed by atoms with van der Waals surface area (Å²) in [4.78, 5) is 0. The Labute approximate surface area is 193 Å². The first-order valence-electron chi connectivity index (χ1n) is 10.8. The van der Waals surface area contributed by atoms with Gasteiger partial charge in [0.1, 0.15) is 34.9 Å². The van der Waals surface area contributed by atoms with Crippen LogP contribution in [0.3, 0.4) is 0 Å². The second kappa shape index (κ2) is 8.82. The Morgan fingerprint density at radius 1 is 0.818 bits per heavy atom. The van der Waals surface area contributed by atoms with Gasteiger partial charge in [0.25, 0.3) is 0 Å². The Morgan fingerprint density at radius 3 is 2.00 bits per heavy atom. The molecule has 0 radical (unpaired) electrons. The summed E-state index contributed by atoms with van der Waals surface area (Å²) in [6.45, 7) is 1.34. The first-order valence-corrected chi connectivity index (χ1v) is 10.8. The summed E-state index contributed by atoms with van der Waals surface area (Å²) < 4.78 is 20.6. The predicted octanol–water partition coefficient (Wildman–Crippen LogP) is 4.40. The SMILES string of the molecule is COc1ccc(Cn2nc3c(c(OC)cc[n+]3Cc3ccc(OC)cc3)c2C2=CC=C2)cc1. The van der Waals surface area contributed by atoms with E-state index >= 15 is 0 Å². The van der Waals surface area contributed by atoms with E-state index in [1.807, 2.05) is 42.6 Å². The third-order valence-corrected chi connectivity index (χ3v) is 5.91. The maximum absolute atomic E-state index is 5.77. The molecular weight excluding hydrogens is 414 g/mol. The second-order valence-electron chi connectivity index (χ2n) is 7.89. The van der Waals surface area contributed by atoms with Crippen molar-refractivity contribution in [1.29, 1.82) is 0 Å². The van der Waals surface area contributed by atoms with E-state index in [0.29, 0.717) is 13.1 Å². The van der Waals surface area contributed by atoms with Crippen LogP contribution < -0.4 is 18.8 Å². The Bertz CT molecular complexity index is 1350. The van der Waals surface area contributed by atoms with Gasteiger partial charge < -0.3 is 14.2 Å². The summed E-state index contributed by atoms with van der Waals surface area (Å²) in [5, 5.41) is 6.07. The van der Waals surface area contributed by atoms with Crippen LogP contribution >= 0.6 is 0 Å². The third-order valence-electron chi connectivity index (χ3n) is 5.91. The number of hydrogen-bond donors (Lipinski definition) is 0. The smallest absolute Gasteiger partial charge is 0.361 e. The van der Waals surface area contributed by atoms with Crippen LogP contribution in [-0.2, 0) is 13.1 Å². The molecule has 0 unspecified atom stereocenters. The average Bonchev–Trinajstić information content (AvgIpc) is 3.18. The normalized spacial score (nSPS) is 12.4. The molecule has 2 aromatic heterocycles. The zero-order valence-electron chi connectivity index (χ0n) is 19.0. The van der Waals surface area contributed by atoms with Crippen molar-refractivity contribution in [2.24, 2.45) is 0 Å². The molecule has 0 saturated carbocycles. The number of hydrogen-bond acceptors (Lipinski definition) is 4. The van der Waals surface area contributed by atoms with Crippen molar-refractivity contribution in [3.8, 4) is 17.2 Å². The molecule has 2 heterocycles. The summed E-state index contributed by atoms with van der Waals surface area (Å²) >= 11 is 0. The lowest BCUT2D eigenvalue weighted by atomic mass is 10.0. The molecule has 1 aliphatic carbocycles. The van der Waals surface area contributed by atoms with E-state index in [0.717, 1.165) is 45.1 Å². The van der Waals surface area contributed by atoms with Gasteiger partial charge in [0, 0.05) is 11.6 Å². The monoisotopic (exact) mass is 440 g/mol.